The summed E-state index contributed by atoms with van der Waals surface area (Å²) in [6.07, 6.45) is 5.96. The zero-order valence-corrected chi connectivity index (χ0v) is 11.2. The Hall–Kier alpha value is -1.08. The second-order valence-electron chi connectivity index (χ2n) is 5.72. The summed E-state index contributed by atoms with van der Waals surface area (Å²) in [4.78, 5) is 0. The summed E-state index contributed by atoms with van der Waals surface area (Å²) in [5.41, 5.74) is 3.20. The molecule has 1 aromatic rings. The van der Waals surface area contributed by atoms with Gasteiger partial charge in [0.05, 0.1) is 0 Å². The van der Waals surface area contributed by atoms with E-state index in [1.54, 1.807) is 11.1 Å². The van der Waals surface area contributed by atoms with Crippen molar-refractivity contribution in [1.82, 2.24) is 5.32 Å². The van der Waals surface area contributed by atoms with E-state index in [-0.39, 0.29) is 0 Å². The fraction of sp³-hybridized carbons (Fsp3) is 0.529. The molecule has 0 spiro atoms. The van der Waals surface area contributed by atoms with Crippen LogP contribution in [0.25, 0.3) is 0 Å². The van der Waals surface area contributed by atoms with Crippen LogP contribution in [0.4, 0.5) is 0 Å². The van der Waals surface area contributed by atoms with Gasteiger partial charge in [0.1, 0.15) is 0 Å². The van der Waals surface area contributed by atoms with Gasteiger partial charge < -0.3 is 5.32 Å². The Balaban J connectivity index is 1.77. The summed E-state index contributed by atoms with van der Waals surface area (Å²) in [7, 11) is 0. The van der Waals surface area contributed by atoms with Crippen molar-refractivity contribution in [2.75, 3.05) is 6.54 Å². The van der Waals surface area contributed by atoms with Crippen LogP contribution in [-0.4, -0.2) is 12.6 Å². The van der Waals surface area contributed by atoms with Crippen LogP contribution in [0.1, 0.15) is 36.8 Å². The summed E-state index contributed by atoms with van der Waals surface area (Å²) < 4.78 is 0. The van der Waals surface area contributed by atoms with Gasteiger partial charge in [-0.1, -0.05) is 37.3 Å². The monoisotopic (exact) mass is 241 g/mol. The Morgan fingerprint density at radius 2 is 2.28 bits per heavy atom. The van der Waals surface area contributed by atoms with E-state index in [2.05, 4.69) is 49.2 Å². The third-order valence-electron chi connectivity index (χ3n) is 4.69. The van der Waals surface area contributed by atoms with Gasteiger partial charge in [0.25, 0.3) is 0 Å². The minimum Gasteiger partial charge on any atom is -0.310 e. The average molecular weight is 241 g/mol. The Morgan fingerprint density at radius 1 is 1.44 bits per heavy atom. The molecule has 1 heteroatoms. The van der Waals surface area contributed by atoms with Crippen LogP contribution in [0, 0.1) is 11.8 Å². The van der Waals surface area contributed by atoms with Gasteiger partial charge in [0.15, 0.2) is 0 Å². The van der Waals surface area contributed by atoms with Crippen molar-refractivity contribution in [2.24, 2.45) is 11.8 Å². The van der Waals surface area contributed by atoms with Crippen molar-refractivity contribution < 1.29 is 0 Å². The quantitative estimate of drug-likeness (QED) is 0.778. The van der Waals surface area contributed by atoms with E-state index < -0.39 is 0 Å². The van der Waals surface area contributed by atoms with Gasteiger partial charge in [-0.05, 0) is 54.7 Å². The molecule has 0 amide bonds. The molecule has 3 rings (SSSR count). The normalized spacial score (nSPS) is 30.2. The number of benzene rings is 1. The molecular weight excluding hydrogens is 218 g/mol. The Labute approximate surface area is 110 Å². The summed E-state index contributed by atoms with van der Waals surface area (Å²) in [5.74, 6) is 2.48. The molecule has 0 aromatic heterocycles. The third kappa shape index (κ3) is 1.91. The highest BCUT2D eigenvalue weighted by molar-refractivity contribution is 5.40. The maximum atomic E-state index is 4.03. The number of hydrogen-bond acceptors (Lipinski definition) is 1. The lowest BCUT2D eigenvalue weighted by molar-refractivity contribution is 0.500. The minimum absolute atomic E-state index is 0.506. The predicted octanol–water partition coefficient (Wildman–Crippen LogP) is 3.52. The van der Waals surface area contributed by atoms with Crippen molar-refractivity contribution >= 4 is 0 Å². The van der Waals surface area contributed by atoms with E-state index in [0.717, 1.165) is 24.3 Å². The number of aryl methyl sites for hydroxylation is 1. The summed E-state index contributed by atoms with van der Waals surface area (Å²) in [6.45, 7) is 7.36. The molecule has 2 aliphatic rings. The highest BCUT2D eigenvalue weighted by atomic mass is 14.9. The van der Waals surface area contributed by atoms with E-state index in [1.807, 2.05) is 0 Å². The largest absolute Gasteiger partial charge is 0.310 e. The number of nitrogens with one attached hydrogen (secondary N) is 1. The van der Waals surface area contributed by atoms with Crippen molar-refractivity contribution in [3.8, 4) is 0 Å². The predicted molar refractivity (Wildman–Crippen MR) is 76.8 cm³/mol. The van der Waals surface area contributed by atoms with Gasteiger partial charge in [0, 0.05) is 6.04 Å². The first-order valence-electron chi connectivity index (χ1n) is 7.30. The topological polar surface area (TPSA) is 12.0 Å². The zero-order valence-electron chi connectivity index (χ0n) is 11.2. The Bertz CT molecular complexity index is 437. The van der Waals surface area contributed by atoms with Gasteiger partial charge in [-0.2, -0.15) is 0 Å². The van der Waals surface area contributed by atoms with Crippen LogP contribution in [0.15, 0.2) is 36.9 Å². The molecule has 0 saturated heterocycles. The summed E-state index contributed by atoms with van der Waals surface area (Å²) in [6, 6.07) is 9.52. The van der Waals surface area contributed by atoms with Gasteiger partial charge in [-0.3, -0.25) is 0 Å². The molecule has 1 nitrogen and oxygen atoms in total. The standard InChI is InChI=1S/C17H23N/c1-3-11-18-15(4-2)17-14-10-9-12-7-5-6-8-13(12)16(14)17/h4-8,14-18H,2-3,9-11H2,1H3. The molecule has 4 atom stereocenters. The van der Waals surface area contributed by atoms with Crippen molar-refractivity contribution in [1.29, 1.82) is 0 Å². The maximum absolute atomic E-state index is 4.03. The Kier molecular flexibility index (Phi) is 3.25. The minimum atomic E-state index is 0.506. The fourth-order valence-electron chi connectivity index (χ4n) is 3.80. The second kappa shape index (κ2) is 4.89. The molecule has 0 aliphatic heterocycles. The highest BCUT2D eigenvalue weighted by Crippen LogP contribution is 2.61. The fourth-order valence-corrected chi connectivity index (χ4v) is 3.80. The molecule has 1 aromatic carbocycles. The van der Waals surface area contributed by atoms with E-state index in [9.17, 15) is 0 Å². The molecule has 0 radical (unpaired) electrons. The number of rotatable bonds is 5. The van der Waals surface area contributed by atoms with E-state index >= 15 is 0 Å². The first-order valence-corrected chi connectivity index (χ1v) is 7.30. The highest BCUT2D eigenvalue weighted by Gasteiger charge is 2.55. The summed E-state index contributed by atoms with van der Waals surface area (Å²) >= 11 is 0. The molecule has 1 N–H and O–H groups in total. The van der Waals surface area contributed by atoms with Crippen LogP contribution < -0.4 is 5.32 Å². The van der Waals surface area contributed by atoms with E-state index in [0.29, 0.717) is 6.04 Å². The molecule has 1 saturated carbocycles. The summed E-state index contributed by atoms with van der Waals surface area (Å²) in [5, 5.41) is 3.65. The van der Waals surface area contributed by atoms with Gasteiger partial charge in [-0.15, -0.1) is 6.58 Å². The molecule has 0 bridgehead atoms. The molecular formula is C17H23N. The first kappa shape index (κ1) is 12.0. The SMILES string of the molecule is C=CC(NCCC)C1C2CCc3ccccc3C21. The van der Waals surface area contributed by atoms with Crippen LogP contribution in [0.2, 0.25) is 0 Å². The van der Waals surface area contributed by atoms with Crippen molar-refractivity contribution in [3.05, 3.63) is 48.0 Å². The number of hydrogen-bond donors (Lipinski definition) is 1. The lowest BCUT2D eigenvalue weighted by Crippen LogP contribution is -2.30. The van der Waals surface area contributed by atoms with Crippen molar-refractivity contribution in [3.63, 3.8) is 0 Å². The third-order valence-corrected chi connectivity index (χ3v) is 4.69. The zero-order chi connectivity index (χ0) is 12.5. The molecule has 1 fully saturated rings. The molecule has 0 heterocycles. The Morgan fingerprint density at radius 3 is 3.06 bits per heavy atom. The smallest absolute Gasteiger partial charge is 0.0284 e. The lowest BCUT2D eigenvalue weighted by Gasteiger charge is -2.14. The van der Waals surface area contributed by atoms with Gasteiger partial charge >= 0.3 is 0 Å². The molecule has 4 unspecified atom stereocenters. The lowest BCUT2D eigenvalue weighted by atomic mass is 9.92. The first-order chi connectivity index (χ1) is 8.86. The number of fused-ring (bicyclic) bond motifs is 3. The van der Waals surface area contributed by atoms with Crippen LogP contribution in [0.3, 0.4) is 0 Å². The molecule has 96 valence electrons. The van der Waals surface area contributed by atoms with E-state index in [1.165, 1.54) is 19.3 Å². The van der Waals surface area contributed by atoms with Crippen molar-refractivity contribution in [2.45, 2.75) is 38.1 Å². The van der Waals surface area contributed by atoms with Gasteiger partial charge in [-0.25, -0.2) is 0 Å². The maximum Gasteiger partial charge on any atom is 0.0284 e. The van der Waals surface area contributed by atoms with Crippen LogP contribution in [0.5, 0.6) is 0 Å². The van der Waals surface area contributed by atoms with Crippen LogP contribution in [-0.2, 0) is 6.42 Å². The van der Waals surface area contributed by atoms with E-state index in [4.69, 9.17) is 0 Å². The van der Waals surface area contributed by atoms with Crippen LogP contribution >= 0.6 is 0 Å². The average Bonchev–Trinajstić information content (AvgIpc) is 3.15. The molecule has 2 aliphatic carbocycles. The molecule has 18 heavy (non-hydrogen) atoms. The second-order valence-corrected chi connectivity index (χ2v) is 5.72. The van der Waals surface area contributed by atoms with Gasteiger partial charge in [0.2, 0.25) is 0 Å².